The van der Waals surface area contributed by atoms with Crippen LogP contribution < -0.4 is 10.1 Å². The number of halogens is 1. The second-order valence-corrected chi connectivity index (χ2v) is 5.47. The number of nitrogens with one attached hydrogen (secondary N) is 1. The van der Waals surface area contributed by atoms with Crippen LogP contribution >= 0.6 is 22.9 Å². The fourth-order valence-corrected chi connectivity index (χ4v) is 2.53. The molecule has 2 aromatic rings. The van der Waals surface area contributed by atoms with Crippen molar-refractivity contribution in [3.63, 3.8) is 0 Å². The van der Waals surface area contributed by atoms with Gasteiger partial charge in [-0.2, -0.15) is 0 Å². The van der Waals surface area contributed by atoms with Gasteiger partial charge in [-0.1, -0.05) is 23.7 Å². The van der Waals surface area contributed by atoms with E-state index in [0.717, 1.165) is 21.5 Å². The quantitative estimate of drug-likeness (QED) is 0.892. The summed E-state index contributed by atoms with van der Waals surface area (Å²) >= 11 is 7.41. The maximum absolute atomic E-state index is 5.86. The topological polar surface area (TPSA) is 21.3 Å². The summed E-state index contributed by atoms with van der Waals surface area (Å²) in [5, 5.41) is 3.12. The fourth-order valence-electron chi connectivity index (χ4n) is 1.53. The van der Waals surface area contributed by atoms with Crippen LogP contribution in [0.15, 0.2) is 36.4 Å². The van der Waals surface area contributed by atoms with E-state index >= 15 is 0 Å². The molecule has 90 valence electrons. The zero-order valence-corrected chi connectivity index (χ0v) is 11.1. The van der Waals surface area contributed by atoms with Crippen LogP contribution in [0.5, 0.6) is 5.75 Å². The Morgan fingerprint density at radius 3 is 2.88 bits per heavy atom. The standard InChI is InChI=1S/C13H14ClNOS/c1-15-8-10-3-2-4-11(7-10)16-9-12-5-6-13(14)17-12/h2-7,15H,8-9H2,1H3. The number of ether oxygens (including phenoxy) is 1. The number of benzene rings is 1. The number of hydrogen-bond acceptors (Lipinski definition) is 3. The largest absolute Gasteiger partial charge is 0.488 e. The lowest BCUT2D eigenvalue weighted by atomic mass is 10.2. The van der Waals surface area contributed by atoms with Crippen molar-refractivity contribution < 1.29 is 4.74 Å². The van der Waals surface area contributed by atoms with E-state index in [1.165, 1.54) is 5.56 Å². The first-order valence-electron chi connectivity index (χ1n) is 5.38. The predicted molar refractivity (Wildman–Crippen MR) is 72.9 cm³/mol. The predicted octanol–water partition coefficient (Wildman–Crippen LogP) is 3.70. The third kappa shape index (κ3) is 3.73. The summed E-state index contributed by atoms with van der Waals surface area (Å²) in [5.74, 6) is 0.891. The molecule has 0 aliphatic rings. The van der Waals surface area contributed by atoms with E-state index < -0.39 is 0 Å². The molecule has 2 rings (SSSR count). The Morgan fingerprint density at radius 2 is 2.18 bits per heavy atom. The van der Waals surface area contributed by atoms with Crippen molar-refractivity contribution >= 4 is 22.9 Å². The maximum Gasteiger partial charge on any atom is 0.122 e. The van der Waals surface area contributed by atoms with Gasteiger partial charge in [0.2, 0.25) is 0 Å². The zero-order chi connectivity index (χ0) is 12.1. The van der Waals surface area contributed by atoms with Gasteiger partial charge < -0.3 is 10.1 Å². The van der Waals surface area contributed by atoms with Gasteiger partial charge in [0.25, 0.3) is 0 Å². The Kier molecular flexibility index (Phi) is 4.42. The van der Waals surface area contributed by atoms with Crippen molar-refractivity contribution in [2.45, 2.75) is 13.2 Å². The Morgan fingerprint density at radius 1 is 1.29 bits per heavy atom. The molecule has 0 radical (unpaired) electrons. The molecule has 0 saturated carbocycles. The summed E-state index contributed by atoms with van der Waals surface area (Å²) in [6, 6.07) is 12.0. The van der Waals surface area contributed by atoms with E-state index in [4.69, 9.17) is 16.3 Å². The van der Waals surface area contributed by atoms with Gasteiger partial charge in [0, 0.05) is 11.4 Å². The Labute approximate surface area is 110 Å². The lowest BCUT2D eigenvalue weighted by Crippen LogP contribution is -2.05. The summed E-state index contributed by atoms with van der Waals surface area (Å²) < 4.78 is 6.52. The lowest BCUT2D eigenvalue weighted by molar-refractivity contribution is 0.309. The van der Waals surface area contributed by atoms with E-state index in [9.17, 15) is 0 Å². The van der Waals surface area contributed by atoms with Crippen LogP contribution in [0, 0.1) is 0 Å². The van der Waals surface area contributed by atoms with Crippen LogP contribution in [0.4, 0.5) is 0 Å². The number of thiophene rings is 1. The molecule has 17 heavy (non-hydrogen) atoms. The summed E-state index contributed by atoms with van der Waals surface area (Å²) in [5.41, 5.74) is 1.22. The Bertz CT molecular complexity index is 484. The van der Waals surface area contributed by atoms with Crippen molar-refractivity contribution in [2.75, 3.05) is 7.05 Å². The minimum Gasteiger partial charge on any atom is -0.488 e. The average molecular weight is 268 g/mol. The van der Waals surface area contributed by atoms with Gasteiger partial charge in [-0.3, -0.25) is 0 Å². The molecule has 0 amide bonds. The highest BCUT2D eigenvalue weighted by Gasteiger charge is 2.00. The minimum atomic E-state index is 0.570. The zero-order valence-electron chi connectivity index (χ0n) is 9.57. The van der Waals surface area contributed by atoms with Crippen molar-refractivity contribution in [3.05, 3.63) is 51.2 Å². The third-order valence-corrected chi connectivity index (χ3v) is 3.49. The Balaban J connectivity index is 1.96. The highest BCUT2D eigenvalue weighted by atomic mass is 35.5. The molecule has 0 aliphatic carbocycles. The second-order valence-electron chi connectivity index (χ2n) is 3.67. The maximum atomic E-state index is 5.86. The summed E-state index contributed by atoms with van der Waals surface area (Å²) in [6.45, 7) is 1.42. The van der Waals surface area contributed by atoms with Gasteiger partial charge >= 0.3 is 0 Å². The van der Waals surface area contributed by atoms with Crippen molar-refractivity contribution in [1.82, 2.24) is 5.32 Å². The smallest absolute Gasteiger partial charge is 0.122 e. The molecular weight excluding hydrogens is 254 g/mol. The summed E-state index contributed by atoms with van der Waals surface area (Å²) in [6.07, 6.45) is 0. The fraction of sp³-hybridized carbons (Fsp3) is 0.231. The first-order valence-corrected chi connectivity index (χ1v) is 6.58. The van der Waals surface area contributed by atoms with Crippen LogP contribution in [0.2, 0.25) is 4.34 Å². The van der Waals surface area contributed by atoms with Crippen LogP contribution in [0.25, 0.3) is 0 Å². The number of rotatable bonds is 5. The molecule has 0 atom stereocenters. The molecule has 0 bridgehead atoms. The van der Waals surface area contributed by atoms with E-state index in [1.54, 1.807) is 11.3 Å². The summed E-state index contributed by atoms with van der Waals surface area (Å²) in [4.78, 5) is 1.13. The number of hydrogen-bond donors (Lipinski definition) is 1. The third-order valence-electron chi connectivity index (χ3n) is 2.29. The van der Waals surface area contributed by atoms with Gasteiger partial charge in [0.15, 0.2) is 0 Å². The van der Waals surface area contributed by atoms with Crippen LogP contribution in [0.3, 0.4) is 0 Å². The van der Waals surface area contributed by atoms with E-state index in [2.05, 4.69) is 11.4 Å². The highest BCUT2D eigenvalue weighted by Crippen LogP contribution is 2.23. The molecule has 0 fully saturated rings. The van der Waals surface area contributed by atoms with Crippen molar-refractivity contribution in [3.8, 4) is 5.75 Å². The molecular formula is C13H14ClNOS. The van der Waals surface area contributed by atoms with E-state index in [1.807, 2.05) is 37.4 Å². The van der Waals surface area contributed by atoms with Gasteiger partial charge in [-0.25, -0.2) is 0 Å². The van der Waals surface area contributed by atoms with Gasteiger partial charge in [0.1, 0.15) is 12.4 Å². The second kappa shape index (κ2) is 6.05. The molecule has 0 spiro atoms. The monoisotopic (exact) mass is 267 g/mol. The lowest BCUT2D eigenvalue weighted by Gasteiger charge is -2.06. The van der Waals surface area contributed by atoms with Crippen LogP contribution in [-0.4, -0.2) is 7.05 Å². The van der Waals surface area contributed by atoms with E-state index in [-0.39, 0.29) is 0 Å². The van der Waals surface area contributed by atoms with Crippen molar-refractivity contribution in [2.24, 2.45) is 0 Å². The van der Waals surface area contributed by atoms with Gasteiger partial charge in [0.05, 0.1) is 4.34 Å². The molecule has 1 heterocycles. The summed E-state index contributed by atoms with van der Waals surface area (Å²) in [7, 11) is 1.93. The van der Waals surface area contributed by atoms with Crippen molar-refractivity contribution in [1.29, 1.82) is 0 Å². The van der Waals surface area contributed by atoms with Gasteiger partial charge in [-0.15, -0.1) is 11.3 Å². The normalized spacial score (nSPS) is 10.5. The van der Waals surface area contributed by atoms with E-state index in [0.29, 0.717) is 6.61 Å². The first-order chi connectivity index (χ1) is 8.28. The molecule has 0 unspecified atom stereocenters. The molecule has 0 aliphatic heterocycles. The van der Waals surface area contributed by atoms with Crippen LogP contribution in [0.1, 0.15) is 10.4 Å². The minimum absolute atomic E-state index is 0.570. The molecule has 0 saturated heterocycles. The highest BCUT2D eigenvalue weighted by molar-refractivity contribution is 7.16. The average Bonchev–Trinajstić information content (AvgIpc) is 2.74. The van der Waals surface area contributed by atoms with Gasteiger partial charge in [-0.05, 0) is 36.9 Å². The van der Waals surface area contributed by atoms with Crippen LogP contribution in [-0.2, 0) is 13.2 Å². The molecule has 1 aromatic carbocycles. The molecule has 1 aromatic heterocycles. The Hall–Kier alpha value is -1.03. The SMILES string of the molecule is CNCc1cccc(OCc2ccc(Cl)s2)c1. The molecule has 1 N–H and O–H groups in total. The first kappa shape index (κ1) is 12.4. The molecule has 2 nitrogen and oxygen atoms in total. The molecule has 4 heteroatoms.